The molecule has 0 amide bonds. The van der Waals surface area contributed by atoms with Gasteiger partial charge in [-0.05, 0) is 107 Å². The van der Waals surface area contributed by atoms with Crippen LogP contribution in [0.2, 0.25) is 0 Å². The summed E-state index contributed by atoms with van der Waals surface area (Å²) in [7, 11) is 1.18. The third-order valence-corrected chi connectivity index (χ3v) is 12.4. The summed E-state index contributed by atoms with van der Waals surface area (Å²) in [5.74, 6) is 2.09. The molecule has 2 unspecified atom stereocenters. The SMILES string of the molecule is CCCCc1cc(CCCC)cc(Pc2cccc3c2C2(CO3)COc3cccc(Pc4cc(CCCC)cc(CCCC)c4)c32)c1. The Labute approximate surface area is 288 Å². The monoisotopic (exact) mass is 664 g/mol. The normalized spacial score (nSPS) is 16.8. The van der Waals surface area contributed by atoms with E-state index in [1.807, 2.05) is 0 Å². The van der Waals surface area contributed by atoms with Crippen LogP contribution in [0.25, 0.3) is 0 Å². The summed E-state index contributed by atoms with van der Waals surface area (Å²) in [5.41, 5.74) is 8.46. The van der Waals surface area contributed by atoms with E-state index in [9.17, 15) is 0 Å². The highest BCUT2D eigenvalue weighted by molar-refractivity contribution is 7.56. The van der Waals surface area contributed by atoms with E-state index in [0.717, 1.165) is 11.5 Å². The first-order valence-electron chi connectivity index (χ1n) is 18.4. The molecule has 0 aliphatic carbocycles. The number of unbranched alkanes of at least 4 members (excludes halogenated alkanes) is 4. The maximum absolute atomic E-state index is 6.58. The highest BCUT2D eigenvalue weighted by atomic mass is 31.1. The average Bonchev–Trinajstić information content (AvgIpc) is 3.66. The molecule has 248 valence electrons. The number of fused-ring (bicyclic) bond motifs is 4. The molecule has 6 rings (SSSR count). The van der Waals surface area contributed by atoms with Crippen molar-refractivity contribution in [1.82, 2.24) is 0 Å². The van der Waals surface area contributed by atoms with Crippen molar-refractivity contribution < 1.29 is 9.47 Å². The maximum atomic E-state index is 6.58. The van der Waals surface area contributed by atoms with E-state index in [1.54, 1.807) is 0 Å². The molecule has 47 heavy (non-hydrogen) atoms. The summed E-state index contributed by atoms with van der Waals surface area (Å²) in [6.07, 6.45) is 14.6. The van der Waals surface area contributed by atoms with E-state index in [-0.39, 0.29) is 5.41 Å². The van der Waals surface area contributed by atoms with Crippen LogP contribution >= 0.6 is 17.2 Å². The van der Waals surface area contributed by atoms with E-state index in [4.69, 9.17) is 9.47 Å². The van der Waals surface area contributed by atoms with Gasteiger partial charge in [0.25, 0.3) is 0 Å². The average molecular weight is 665 g/mol. The number of benzene rings is 4. The van der Waals surface area contributed by atoms with Crippen molar-refractivity contribution in [3.8, 4) is 11.5 Å². The molecule has 0 saturated heterocycles. The molecule has 4 aromatic carbocycles. The van der Waals surface area contributed by atoms with Crippen LogP contribution in [-0.4, -0.2) is 13.2 Å². The Morgan fingerprint density at radius 1 is 0.511 bits per heavy atom. The topological polar surface area (TPSA) is 18.5 Å². The highest BCUT2D eigenvalue weighted by Gasteiger charge is 2.51. The summed E-state index contributed by atoms with van der Waals surface area (Å²) >= 11 is 0. The van der Waals surface area contributed by atoms with Gasteiger partial charge in [-0.1, -0.05) is 131 Å². The van der Waals surface area contributed by atoms with Gasteiger partial charge in [0.15, 0.2) is 0 Å². The Balaban J connectivity index is 1.37. The maximum Gasteiger partial charge on any atom is 0.124 e. The number of hydrogen-bond donors (Lipinski definition) is 0. The number of ether oxygens (including phenoxy) is 2. The molecular weight excluding hydrogens is 610 g/mol. The minimum atomic E-state index is -0.270. The molecule has 0 radical (unpaired) electrons. The second-order valence-electron chi connectivity index (χ2n) is 13.8. The van der Waals surface area contributed by atoms with Gasteiger partial charge in [0, 0.05) is 11.1 Å². The summed E-state index contributed by atoms with van der Waals surface area (Å²) < 4.78 is 13.2. The fraction of sp³-hybridized carbons (Fsp3) is 0.442. The zero-order chi connectivity index (χ0) is 32.6. The Morgan fingerprint density at radius 3 is 1.21 bits per heavy atom. The third-order valence-electron chi connectivity index (χ3n) is 9.90. The lowest BCUT2D eigenvalue weighted by Gasteiger charge is -2.26. The lowest BCUT2D eigenvalue weighted by molar-refractivity contribution is 0.238. The van der Waals surface area contributed by atoms with Gasteiger partial charge in [-0.2, -0.15) is 0 Å². The van der Waals surface area contributed by atoms with Crippen LogP contribution in [0, 0.1) is 0 Å². The minimum absolute atomic E-state index is 0.270. The molecule has 0 fully saturated rings. The predicted molar refractivity (Wildman–Crippen MR) is 207 cm³/mol. The van der Waals surface area contributed by atoms with Crippen molar-refractivity contribution in [2.24, 2.45) is 0 Å². The van der Waals surface area contributed by atoms with E-state index in [0.29, 0.717) is 30.4 Å². The molecule has 0 N–H and O–H groups in total. The van der Waals surface area contributed by atoms with Crippen LogP contribution in [0.3, 0.4) is 0 Å². The third kappa shape index (κ3) is 7.82. The van der Waals surface area contributed by atoms with Crippen molar-refractivity contribution in [1.29, 1.82) is 0 Å². The van der Waals surface area contributed by atoms with Crippen LogP contribution in [0.15, 0.2) is 72.8 Å². The largest absolute Gasteiger partial charge is 0.492 e. The van der Waals surface area contributed by atoms with Crippen LogP contribution in [-0.2, 0) is 31.1 Å². The van der Waals surface area contributed by atoms with Crippen molar-refractivity contribution in [2.45, 2.75) is 110 Å². The molecule has 2 aliphatic rings. The predicted octanol–water partition coefficient (Wildman–Crippen LogP) is 9.39. The molecule has 0 aromatic heterocycles. The number of aryl methyl sites for hydroxylation is 4. The molecule has 2 nitrogen and oxygen atoms in total. The summed E-state index contributed by atoms with van der Waals surface area (Å²) in [4.78, 5) is 0. The van der Waals surface area contributed by atoms with Crippen LogP contribution in [0.4, 0.5) is 0 Å². The first-order chi connectivity index (χ1) is 23.1. The molecule has 1 spiro atoms. The smallest absolute Gasteiger partial charge is 0.124 e. The van der Waals surface area contributed by atoms with Gasteiger partial charge in [0.1, 0.15) is 24.7 Å². The second-order valence-corrected chi connectivity index (χ2v) is 16.5. The minimum Gasteiger partial charge on any atom is -0.492 e. The van der Waals surface area contributed by atoms with Crippen molar-refractivity contribution in [2.75, 3.05) is 13.2 Å². The van der Waals surface area contributed by atoms with E-state index in [1.165, 1.54) is 132 Å². The molecule has 2 heterocycles. The van der Waals surface area contributed by atoms with Crippen LogP contribution in [0.5, 0.6) is 11.5 Å². The zero-order valence-corrected chi connectivity index (χ0v) is 31.1. The molecule has 4 heteroatoms. The van der Waals surface area contributed by atoms with E-state index in [2.05, 4.69) is 100 Å². The molecule has 2 aliphatic heterocycles. The lowest BCUT2D eigenvalue weighted by Crippen LogP contribution is -2.37. The van der Waals surface area contributed by atoms with Gasteiger partial charge in [0.05, 0.1) is 5.41 Å². The van der Waals surface area contributed by atoms with Gasteiger partial charge in [0.2, 0.25) is 0 Å². The van der Waals surface area contributed by atoms with Crippen LogP contribution in [0.1, 0.15) is 112 Å². The Bertz CT molecular complexity index is 1480. The molecule has 4 aromatic rings. The van der Waals surface area contributed by atoms with Gasteiger partial charge in [-0.25, -0.2) is 0 Å². The number of rotatable bonds is 16. The molecular formula is C43H54O2P2. The Kier molecular flexibility index (Phi) is 11.8. The first-order valence-corrected chi connectivity index (χ1v) is 20.4. The first kappa shape index (κ1) is 34.2. The Morgan fingerprint density at radius 2 is 0.872 bits per heavy atom. The fourth-order valence-electron chi connectivity index (χ4n) is 7.44. The van der Waals surface area contributed by atoms with E-state index < -0.39 is 0 Å². The molecule has 2 atom stereocenters. The second kappa shape index (κ2) is 16.2. The zero-order valence-electron chi connectivity index (χ0n) is 29.1. The van der Waals surface area contributed by atoms with E-state index >= 15 is 0 Å². The highest BCUT2D eigenvalue weighted by Crippen LogP contribution is 2.51. The lowest BCUT2D eigenvalue weighted by atomic mass is 9.78. The fourth-order valence-corrected chi connectivity index (χ4v) is 10.4. The van der Waals surface area contributed by atoms with Crippen molar-refractivity contribution in [3.05, 3.63) is 106 Å². The van der Waals surface area contributed by atoms with Crippen molar-refractivity contribution >= 4 is 38.4 Å². The molecule has 0 bridgehead atoms. The molecule has 0 saturated carbocycles. The quantitative estimate of drug-likeness (QED) is 0.111. The Hall–Kier alpha value is -2.66. The van der Waals surface area contributed by atoms with Crippen molar-refractivity contribution in [3.63, 3.8) is 0 Å². The summed E-state index contributed by atoms with van der Waals surface area (Å²) in [6, 6.07) is 28.4. The van der Waals surface area contributed by atoms with Gasteiger partial charge in [-0.3, -0.25) is 0 Å². The summed E-state index contributed by atoms with van der Waals surface area (Å²) in [5, 5.41) is 5.73. The van der Waals surface area contributed by atoms with Gasteiger partial charge >= 0.3 is 0 Å². The summed E-state index contributed by atoms with van der Waals surface area (Å²) in [6.45, 7) is 10.5. The van der Waals surface area contributed by atoms with Crippen LogP contribution < -0.4 is 30.7 Å². The van der Waals surface area contributed by atoms with Gasteiger partial charge in [-0.15, -0.1) is 0 Å². The van der Waals surface area contributed by atoms with Gasteiger partial charge < -0.3 is 9.47 Å². The standard InChI is InChI=1S/C43H54O2P2/c1-5-9-15-31-23-32(16-10-6-2)26-35(25-31)46-39-21-13-19-37-41(39)43(29-44-37)30-45-38-20-14-22-40(42(38)43)47-36-27-33(17-11-7-3)24-34(28-36)18-12-8-4/h13-14,19-28,46-47H,5-12,15-18,29-30H2,1-4H3. The number of hydrogen-bond acceptors (Lipinski definition) is 2.